The number of anilines is 1. The average molecular weight is 823 g/mol. The number of nitrogens with zero attached hydrogens (tertiary/aromatic N) is 4. The molecular formula is C42H51ClN4O9S. The van der Waals surface area contributed by atoms with E-state index < -0.39 is 45.2 Å². The second-order valence-corrected chi connectivity index (χ2v) is 18.7. The molecule has 7 rings (SSSR count). The molecule has 1 spiro atoms. The normalized spacial score (nSPS) is 29.1. The van der Waals surface area contributed by atoms with Gasteiger partial charge in [0.2, 0.25) is 5.88 Å². The zero-order valence-corrected chi connectivity index (χ0v) is 34.7. The van der Waals surface area contributed by atoms with E-state index in [-0.39, 0.29) is 52.7 Å². The van der Waals surface area contributed by atoms with Crippen LogP contribution in [0.3, 0.4) is 0 Å². The third-order valence-electron chi connectivity index (χ3n) is 11.9. The van der Waals surface area contributed by atoms with Crippen LogP contribution in [-0.4, -0.2) is 103 Å². The van der Waals surface area contributed by atoms with Gasteiger partial charge in [-0.05, 0) is 91.5 Å². The number of rotatable bonds is 8. The van der Waals surface area contributed by atoms with Crippen molar-refractivity contribution in [2.24, 2.45) is 29.2 Å². The fourth-order valence-electron chi connectivity index (χ4n) is 8.98. The highest BCUT2D eigenvalue weighted by atomic mass is 35.5. The van der Waals surface area contributed by atoms with Crippen LogP contribution in [0.4, 0.5) is 5.69 Å². The van der Waals surface area contributed by atoms with Gasteiger partial charge in [-0.1, -0.05) is 30.7 Å². The SMILES string of the molecule is COCC(=O)O[C@H]1/C=C/[C@H](OC)[C@@H]2CC[C@H]2CN2C[C@@]3(CCCc4cc(Cl)ccc43)COc3ccc(cc32)C(=O)N=[S@](=O)(CC(=O)c2cn(C)nc2OC)C[C@H]1C. The number of methoxy groups -OCH3 is 3. The number of carbonyl (C=O) groups is 3. The van der Waals surface area contributed by atoms with Gasteiger partial charge in [-0.25, -0.2) is 9.00 Å². The van der Waals surface area contributed by atoms with Crippen LogP contribution in [0.1, 0.15) is 64.4 Å². The van der Waals surface area contributed by atoms with Gasteiger partial charge in [0.15, 0.2) is 5.78 Å². The quantitative estimate of drug-likeness (QED) is 0.153. The van der Waals surface area contributed by atoms with Gasteiger partial charge < -0.3 is 28.6 Å². The first-order chi connectivity index (χ1) is 27.3. The number of amides is 1. The molecule has 0 saturated heterocycles. The van der Waals surface area contributed by atoms with Crippen LogP contribution in [0.15, 0.2) is 59.1 Å². The van der Waals surface area contributed by atoms with Crippen LogP contribution < -0.4 is 14.4 Å². The molecule has 3 aromatic rings. The predicted molar refractivity (Wildman–Crippen MR) is 216 cm³/mol. The van der Waals surface area contributed by atoms with Crippen LogP contribution in [0.25, 0.3) is 0 Å². The molecule has 0 radical (unpaired) electrons. The molecule has 15 heteroatoms. The Hall–Kier alpha value is -4.24. The van der Waals surface area contributed by atoms with Crippen molar-refractivity contribution in [2.75, 3.05) is 64.0 Å². The predicted octanol–water partition coefficient (Wildman–Crippen LogP) is 5.85. The maximum Gasteiger partial charge on any atom is 0.332 e. The van der Waals surface area contributed by atoms with E-state index in [1.54, 1.807) is 45.4 Å². The number of Topliss-reactive ketones (excluding diaryl/α,β-unsaturated/α-hetero) is 1. The van der Waals surface area contributed by atoms with Crippen LogP contribution >= 0.6 is 11.6 Å². The van der Waals surface area contributed by atoms with Crippen LogP contribution in [0.2, 0.25) is 5.02 Å². The molecule has 1 aromatic heterocycles. The fourth-order valence-corrected chi connectivity index (χ4v) is 11.4. The molecule has 1 amide bonds. The van der Waals surface area contributed by atoms with Crippen molar-refractivity contribution in [3.8, 4) is 11.6 Å². The minimum Gasteiger partial charge on any atom is -0.490 e. The lowest BCUT2D eigenvalue weighted by atomic mass is 9.68. The highest BCUT2D eigenvalue weighted by molar-refractivity contribution is 7.94. The van der Waals surface area contributed by atoms with E-state index >= 15 is 4.21 Å². The standard InChI is InChI=1S/C42H51ClN4O9S/c1-26-22-57(51,23-35(48)32-20-46(2)44-41(32)54-5)45-40(50)28-9-13-38-34(18-28)47(24-42(25-55-38)16-6-7-27-17-30(43)10-12-33(27)42)19-29-8-11-31(29)37(53-4)15-14-36(26)56-39(49)21-52-3/h9-10,12-15,17-18,20,26,29,31,36-37H,6-8,11,16,19,21-25H2,1-5H3/b15-14+/t26-,29+,31-,36+,37+,42+,57-/m1/s1. The van der Waals surface area contributed by atoms with Crippen molar-refractivity contribution in [2.45, 2.75) is 56.7 Å². The lowest BCUT2D eigenvalue weighted by Gasteiger charge is -2.46. The number of ketones is 1. The van der Waals surface area contributed by atoms with Gasteiger partial charge in [0.1, 0.15) is 24.0 Å². The van der Waals surface area contributed by atoms with E-state index in [9.17, 15) is 14.4 Å². The molecule has 2 aliphatic heterocycles. The van der Waals surface area contributed by atoms with Crippen molar-refractivity contribution < 1.29 is 42.3 Å². The first-order valence-corrected chi connectivity index (χ1v) is 21.7. The Bertz CT molecular complexity index is 2180. The molecule has 4 aliphatic rings. The summed E-state index contributed by atoms with van der Waals surface area (Å²) < 4.78 is 49.9. The van der Waals surface area contributed by atoms with Crippen molar-refractivity contribution in [1.29, 1.82) is 0 Å². The molecule has 0 N–H and O–H groups in total. The highest BCUT2D eigenvalue weighted by Gasteiger charge is 2.44. The summed E-state index contributed by atoms with van der Waals surface area (Å²) in [5, 5.41) is 4.89. The van der Waals surface area contributed by atoms with Crippen molar-refractivity contribution in [3.63, 3.8) is 0 Å². The minimum absolute atomic E-state index is 0.0691. The summed E-state index contributed by atoms with van der Waals surface area (Å²) in [5.41, 5.74) is 3.22. The number of carbonyl (C=O) groups excluding carboxylic acids is 3. The number of benzene rings is 2. The summed E-state index contributed by atoms with van der Waals surface area (Å²) >= 11 is 6.48. The first-order valence-electron chi connectivity index (χ1n) is 19.4. The molecule has 13 nitrogen and oxygen atoms in total. The third kappa shape index (κ3) is 8.64. The van der Waals surface area contributed by atoms with Gasteiger partial charge in [0.05, 0.1) is 41.0 Å². The molecular weight excluding hydrogens is 772 g/mol. The average Bonchev–Trinajstić information content (AvgIpc) is 3.49. The van der Waals surface area contributed by atoms with Crippen molar-refractivity contribution >= 4 is 44.7 Å². The Balaban J connectivity index is 1.34. The Morgan fingerprint density at radius 1 is 1.09 bits per heavy atom. The lowest BCUT2D eigenvalue weighted by Crippen LogP contribution is -2.49. The number of hydrogen-bond donors (Lipinski definition) is 0. The second kappa shape index (κ2) is 16.9. The van der Waals surface area contributed by atoms with Gasteiger partial charge in [-0.15, -0.1) is 5.10 Å². The molecule has 3 heterocycles. The van der Waals surface area contributed by atoms with E-state index in [0.717, 1.165) is 37.8 Å². The van der Waals surface area contributed by atoms with Gasteiger partial charge >= 0.3 is 5.97 Å². The number of aryl methyl sites for hydroxylation is 2. The monoisotopic (exact) mass is 822 g/mol. The Kier molecular flexibility index (Phi) is 12.2. The Labute approximate surface area is 339 Å². The largest absolute Gasteiger partial charge is 0.490 e. The topological polar surface area (TPSA) is 148 Å². The Morgan fingerprint density at radius 3 is 2.63 bits per heavy atom. The molecule has 1 saturated carbocycles. The summed E-state index contributed by atoms with van der Waals surface area (Å²) in [7, 11) is 2.45. The van der Waals surface area contributed by atoms with Gasteiger partial charge in [0.25, 0.3) is 5.91 Å². The minimum atomic E-state index is -3.65. The van der Waals surface area contributed by atoms with E-state index in [4.69, 9.17) is 35.3 Å². The number of halogens is 1. The number of esters is 1. The maximum absolute atomic E-state index is 15.1. The van der Waals surface area contributed by atoms with E-state index in [0.29, 0.717) is 30.5 Å². The van der Waals surface area contributed by atoms with E-state index in [1.807, 2.05) is 12.1 Å². The smallest absolute Gasteiger partial charge is 0.332 e. The molecule has 7 atom stereocenters. The molecule has 2 bridgehead atoms. The highest BCUT2D eigenvalue weighted by Crippen LogP contribution is 2.47. The van der Waals surface area contributed by atoms with Gasteiger partial charge in [-0.2, -0.15) is 4.36 Å². The van der Waals surface area contributed by atoms with Crippen LogP contribution in [0, 0.1) is 17.8 Å². The second-order valence-electron chi connectivity index (χ2n) is 15.9. The van der Waals surface area contributed by atoms with E-state index in [1.165, 1.54) is 36.2 Å². The van der Waals surface area contributed by atoms with Gasteiger partial charge in [-0.3, -0.25) is 14.3 Å². The molecule has 306 valence electrons. The zero-order valence-electron chi connectivity index (χ0n) is 33.1. The van der Waals surface area contributed by atoms with E-state index in [2.05, 4.69) is 26.5 Å². The third-order valence-corrected chi connectivity index (χ3v) is 14.4. The van der Waals surface area contributed by atoms with Crippen molar-refractivity contribution in [1.82, 2.24) is 9.78 Å². The molecule has 57 heavy (non-hydrogen) atoms. The maximum atomic E-state index is 15.1. The first kappa shape index (κ1) is 40.9. The summed E-state index contributed by atoms with van der Waals surface area (Å²) in [5.74, 6) is -2.25. The van der Waals surface area contributed by atoms with Crippen molar-refractivity contribution in [3.05, 3.63) is 82.0 Å². The van der Waals surface area contributed by atoms with Gasteiger partial charge in [0, 0.05) is 68.2 Å². The summed E-state index contributed by atoms with van der Waals surface area (Å²) in [6.07, 6.45) is 8.73. The molecule has 1 fully saturated rings. The number of aromatic nitrogens is 2. The van der Waals surface area contributed by atoms with Crippen LogP contribution in [-0.2, 0) is 47.6 Å². The summed E-state index contributed by atoms with van der Waals surface area (Å²) in [4.78, 5) is 43.3. The number of ether oxygens (including phenoxy) is 5. The lowest BCUT2D eigenvalue weighted by molar-refractivity contribution is -0.152. The molecule has 2 aliphatic carbocycles. The molecule has 2 aromatic carbocycles. The number of fused-ring (bicyclic) bond motifs is 4. The fraction of sp³-hybridized carbons (Fsp3) is 0.524. The Morgan fingerprint density at radius 2 is 1.89 bits per heavy atom. The summed E-state index contributed by atoms with van der Waals surface area (Å²) in [6, 6.07) is 11.4. The number of hydrogen-bond acceptors (Lipinski definition) is 11. The van der Waals surface area contributed by atoms with Crippen LogP contribution in [0.5, 0.6) is 11.6 Å². The molecule has 0 unspecified atom stereocenters. The summed E-state index contributed by atoms with van der Waals surface area (Å²) in [6.45, 7) is 3.24. The zero-order chi connectivity index (χ0) is 40.5.